The number of alkyl halides is 1. The van der Waals surface area contributed by atoms with Crippen molar-refractivity contribution in [1.82, 2.24) is 4.90 Å². The molecule has 2 aromatic carbocycles. The van der Waals surface area contributed by atoms with Crippen molar-refractivity contribution in [3.63, 3.8) is 0 Å². The third-order valence-corrected chi connectivity index (χ3v) is 4.62. The van der Waals surface area contributed by atoms with Crippen LogP contribution in [0.1, 0.15) is 22.9 Å². The van der Waals surface area contributed by atoms with Crippen molar-refractivity contribution in [1.29, 1.82) is 0 Å². The zero-order valence-corrected chi connectivity index (χ0v) is 14.6. The summed E-state index contributed by atoms with van der Waals surface area (Å²) in [5, 5.41) is 0.0381. The minimum atomic E-state index is 0. The van der Waals surface area contributed by atoms with Gasteiger partial charge in [0.25, 0.3) is 0 Å². The molecule has 1 unspecified atom stereocenters. The smallest absolute Gasteiger partial charge is 0.0646 e. The molecule has 1 aliphatic rings. The molecular weight excluding hydrogens is 308 g/mol. The van der Waals surface area contributed by atoms with Crippen LogP contribution in [0.15, 0.2) is 48.5 Å². The molecule has 1 atom stereocenters. The van der Waals surface area contributed by atoms with Crippen molar-refractivity contribution >= 4 is 23.0 Å². The molecule has 0 bridgehead atoms. The van der Waals surface area contributed by atoms with Gasteiger partial charge in [0.05, 0.1) is 5.38 Å². The molecule has 2 N–H and O–H groups in total. The molecule has 3 rings (SSSR count). The second-order valence-electron chi connectivity index (χ2n) is 6.17. The lowest BCUT2D eigenvalue weighted by atomic mass is 10.0. The van der Waals surface area contributed by atoms with Gasteiger partial charge >= 0.3 is 0 Å². The molecule has 0 aliphatic carbocycles. The number of rotatable bonds is 4. The van der Waals surface area contributed by atoms with Crippen molar-refractivity contribution in [2.45, 2.75) is 18.2 Å². The van der Waals surface area contributed by atoms with Crippen molar-refractivity contribution in [3.05, 3.63) is 59.7 Å². The molecule has 0 amide bonds. The standard InChI is InChI=1S/C19H23ClN2.H2O/c1-21(2)12-7-13-22-18-10-5-3-8-15(18)14-17(20)16-9-4-6-11-19(16)22;/h3-6,8-11,17H,7,12-14H2,1-2H3;1H2. The highest BCUT2D eigenvalue weighted by molar-refractivity contribution is 6.21. The first-order chi connectivity index (χ1) is 10.7. The first-order valence-corrected chi connectivity index (χ1v) is 8.33. The molecule has 0 saturated heterocycles. The maximum Gasteiger partial charge on any atom is 0.0646 e. The largest absolute Gasteiger partial charge is 0.412 e. The lowest BCUT2D eigenvalue weighted by molar-refractivity contribution is 0.402. The molecule has 2 aromatic rings. The lowest BCUT2D eigenvalue weighted by Crippen LogP contribution is -2.23. The van der Waals surface area contributed by atoms with Gasteiger partial charge in [-0.2, -0.15) is 0 Å². The monoisotopic (exact) mass is 332 g/mol. The Morgan fingerprint density at radius 3 is 2.43 bits per heavy atom. The normalized spacial score (nSPS) is 16.3. The first-order valence-electron chi connectivity index (χ1n) is 7.90. The van der Waals surface area contributed by atoms with E-state index >= 15 is 0 Å². The number of nitrogens with zero attached hydrogens (tertiary/aromatic N) is 2. The molecule has 1 heterocycles. The van der Waals surface area contributed by atoms with Gasteiger partial charge in [-0.15, -0.1) is 11.6 Å². The fraction of sp³-hybridized carbons (Fsp3) is 0.368. The van der Waals surface area contributed by atoms with Crippen LogP contribution in [0.3, 0.4) is 0 Å². The highest BCUT2D eigenvalue weighted by atomic mass is 35.5. The van der Waals surface area contributed by atoms with E-state index in [0.29, 0.717) is 0 Å². The minimum absolute atomic E-state index is 0. The molecular formula is C19H25ClN2O. The highest BCUT2D eigenvalue weighted by Crippen LogP contribution is 2.42. The number of anilines is 2. The summed E-state index contributed by atoms with van der Waals surface area (Å²) in [5.74, 6) is 0. The van der Waals surface area contributed by atoms with Crippen LogP contribution in [-0.2, 0) is 6.42 Å². The predicted molar refractivity (Wildman–Crippen MR) is 99.0 cm³/mol. The number of para-hydroxylation sites is 2. The second kappa shape index (κ2) is 7.82. The molecule has 23 heavy (non-hydrogen) atoms. The highest BCUT2D eigenvalue weighted by Gasteiger charge is 2.24. The van der Waals surface area contributed by atoms with Crippen LogP contribution in [0.5, 0.6) is 0 Å². The summed E-state index contributed by atoms with van der Waals surface area (Å²) in [5.41, 5.74) is 5.14. The van der Waals surface area contributed by atoms with E-state index in [4.69, 9.17) is 11.6 Å². The Labute approximate surface area is 143 Å². The van der Waals surface area contributed by atoms with Crippen LogP contribution in [-0.4, -0.2) is 37.6 Å². The lowest BCUT2D eigenvalue weighted by Gasteiger charge is -2.27. The van der Waals surface area contributed by atoms with Crippen molar-refractivity contribution < 1.29 is 5.48 Å². The Balaban J connectivity index is 0.00000192. The van der Waals surface area contributed by atoms with E-state index in [9.17, 15) is 0 Å². The fourth-order valence-corrected chi connectivity index (χ4v) is 3.51. The van der Waals surface area contributed by atoms with Crippen molar-refractivity contribution in [2.24, 2.45) is 0 Å². The maximum absolute atomic E-state index is 6.69. The van der Waals surface area contributed by atoms with E-state index < -0.39 is 0 Å². The van der Waals surface area contributed by atoms with Crippen LogP contribution in [0.2, 0.25) is 0 Å². The summed E-state index contributed by atoms with van der Waals surface area (Å²) in [7, 11) is 4.25. The summed E-state index contributed by atoms with van der Waals surface area (Å²) in [4.78, 5) is 4.68. The predicted octanol–water partition coefficient (Wildman–Crippen LogP) is 3.79. The Bertz CT molecular complexity index is 645. The van der Waals surface area contributed by atoms with E-state index in [1.807, 2.05) is 0 Å². The second-order valence-corrected chi connectivity index (χ2v) is 6.69. The van der Waals surface area contributed by atoms with Gasteiger partial charge < -0.3 is 15.3 Å². The summed E-state index contributed by atoms with van der Waals surface area (Å²) in [6.45, 7) is 2.10. The first kappa shape index (κ1) is 17.8. The number of hydrogen-bond donors (Lipinski definition) is 0. The molecule has 0 saturated carbocycles. The Morgan fingerprint density at radius 1 is 1.04 bits per heavy atom. The molecule has 0 fully saturated rings. The molecule has 4 heteroatoms. The fourth-order valence-electron chi connectivity index (χ4n) is 3.16. The Morgan fingerprint density at radius 2 is 1.70 bits per heavy atom. The van der Waals surface area contributed by atoms with Gasteiger partial charge in [-0.25, -0.2) is 0 Å². The van der Waals surface area contributed by atoms with E-state index in [-0.39, 0.29) is 10.9 Å². The van der Waals surface area contributed by atoms with E-state index in [1.165, 1.54) is 22.5 Å². The SMILES string of the molecule is CN(C)CCCN1c2ccccc2CC(Cl)c2ccccc21.O. The summed E-state index contributed by atoms with van der Waals surface area (Å²) < 4.78 is 0. The van der Waals surface area contributed by atoms with Gasteiger partial charge in [-0.1, -0.05) is 36.4 Å². The van der Waals surface area contributed by atoms with Gasteiger partial charge in [0.15, 0.2) is 0 Å². The van der Waals surface area contributed by atoms with Gasteiger partial charge in [-0.3, -0.25) is 0 Å². The van der Waals surface area contributed by atoms with Crippen LogP contribution in [0.4, 0.5) is 11.4 Å². The van der Waals surface area contributed by atoms with E-state index in [1.54, 1.807) is 0 Å². The third kappa shape index (κ3) is 3.86. The molecule has 0 spiro atoms. The molecule has 0 aromatic heterocycles. The molecule has 3 nitrogen and oxygen atoms in total. The minimum Gasteiger partial charge on any atom is -0.412 e. The zero-order chi connectivity index (χ0) is 15.5. The van der Waals surface area contributed by atoms with E-state index in [0.717, 1.165) is 25.9 Å². The van der Waals surface area contributed by atoms with Crippen LogP contribution < -0.4 is 4.90 Å². The molecule has 124 valence electrons. The Hall–Kier alpha value is -1.55. The average molecular weight is 333 g/mol. The average Bonchev–Trinajstić information content (AvgIpc) is 2.63. The molecule has 1 aliphatic heterocycles. The topological polar surface area (TPSA) is 38.0 Å². The summed E-state index contributed by atoms with van der Waals surface area (Å²) in [6.07, 6.45) is 2.02. The van der Waals surface area contributed by atoms with Gasteiger partial charge in [0.2, 0.25) is 0 Å². The van der Waals surface area contributed by atoms with E-state index in [2.05, 4.69) is 72.4 Å². The number of halogens is 1. The van der Waals surface area contributed by atoms with Crippen molar-refractivity contribution in [2.75, 3.05) is 32.1 Å². The van der Waals surface area contributed by atoms with Crippen LogP contribution >= 0.6 is 11.6 Å². The summed E-state index contributed by atoms with van der Waals surface area (Å²) >= 11 is 6.69. The summed E-state index contributed by atoms with van der Waals surface area (Å²) in [6, 6.07) is 17.2. The number of fused-ring (bicyclic) bond motifs is 2. The molecule has 0 radical (unpaired) electrons. The maximum atomic E-state index is 6.69. The van der Waals surface area contributed by atoms with Gasteiger partial charge in [0, 0.05) is 17.9 Å². The van der Waals surface area contributed by atoms with Gasteiger partial charge in [0.1, 0.15) is 0 Å². The number of hydrogen-bond acceptors (Lipinski definition) is 2. The van der Waals surface area contributed by atoms with Crippen molar-refractivity contribution in [3.8, 4) is 0 Å². The van der Waals surface area contributed by atoms with Crippen LogP contribution in [0, 0.1) is 0 Å². The number of benzene rings is 2. The Kier molecular flexibility index (Phi) is 6.05. The van der Waals surface area contributed by atoms with Crippen LogP contribution in [0.25, 0.3) is 0 Å². The van der Waals surface area contributed by atoms with Gasteiger partial charge in [-0.05, 0) is 56.7 Å². The zero-order valence-electron chi connectivity index (χ0n) is 13.8. The third-order valence-electron chi connectivity index (χ3n) is 4.23. The quantitative estimate of drug-likeness (QED) is 0.799.